The molecule has 0 saturated carbocycles. The summed E-state index contributed by atoms with van der Waals surface area (Å²) in [7, 11) is 1.43. The molecule has 0 spiro atoms. The Bertz CT molecular complexity index is 607. The van der Waals surface area contributed by atoms with E-state index in [2.05, 4.69) is 4.98 Å². The van der Waals surface area contributed by atoms with Gasteiger partial charge in [-0.25, -0.2) is 4.39 Å². The van der Waals surface area contributed by atoms with Crippen molar-refractivity contribution in [3.63, 3.8) is 0 Å². The Morgan fingerprint density at radius 2 is 2.05 bits per heavy atom. The molecule has 19 heavy (non-hydrogen) atoms. The van der Waals surface area contributed by atoms with Gasteiger partial charge in [0, 0.05) is 17.8 Å². The molecular weight excluding hydrogens is 292 g/mol. The van der Waals surface area contributed by atoms with E-state index >= 15 is 0 Å². The number of aromatic nitrogens is 1. The van der Waals surface area contributed by atoms with Gasteiger partial charge in [-0.2, -0.15) is 0 Å². The summed E-state index contributed by atoms with van der Waals surface area (Å²) in [5, 5.41) is 10.7. The van der Waals surface area contributed by atoms with Crippen LogP contribution in [-0.4, -0.2) is 17.2 Å². The predicted molar refractivity (Wildman–Crippen MR) is 71.3 cm³/mol. The number of benzene rings is 1. The number of hydrogen-bond donors (Lipinski definition) is 1. The number of nitrogens with zero attached hydrogens (tertiary/aromatic N) is 1. The first-order chi connectivity index (χ1) is 9.02. The number of hydrogen-bond acceptors (Lipinski definition) is 3. The molecule has 1 atom stereocenters. The van der Waals surface area contributed by atoms with Gasteiger partial charge in [-0.1, -0.05) is 23.2 Å². The molecule has 2 aromatic rings. The van der Waals surface area contributed by atoms with Crippen molar-refractivity contribution in [2.24, 2.45) is 0 Å². The number of methoxy groups -OCH3 is 1. The number of ether oxygens (including phenoxy) is 1. The quantitative estimate of drug-likeness (QED) is 0.941. The van der Waals surface area contributed by atoms with Crippen LogP contribution in [0.2, 0.25) is 10.0 Å². The minimum atomic E-state index is -1.27. The second kappa shape index (κ2) is 5.74. The van der Waals surface area contributed by atoms with E-state index in [1.54, 1.807) is 6.07 Å². The molecule has 1 aromatic heterocycles. The van der Waals surface area contributed by atoms with Gasteiger partial charge in [0.15, 0.2) is 0 Å². The summed E-state index contributed by atoms with van der Waals surface area (Å²) in [5.74, 6) is -0.233. The molecule has 1 N–H and O–H groups in total. The van der Waals surface area contributed by atoms with Gasteiger partial charge in [0.25, 0.3) is 0 Å². The fraction of sp³-hybridized carbons (Fsp3) is 0.154. The topological polar surface area (TPSA) is 42.4 Å². The maximum atomic E-state index is 13.8. The standard InChI is InChI=1S/C13H10Cl2FNO2/c1-19-8-2-3-9(11(16)5-8)13(18)12-10(15)4-7(14)6-17-12/h2-6,13,18H,1H3. The van der Waals surface area contributed by atoms with Crippen molar-refractivity contribution in [1.29, 1.82) is 0 Å². The Morgan fingerprint density at radius 3 is 2.63 bits per heavy atom. The first kappa shape index (κ1) is 14.1. The Labute approximate surface area is 119 Å². The Balaban J connectivity index is 2.41. The monoisotopic (exact) mass is 301 g/mol. The van der Waals surface area contributed by atoms with Crippen molar-refractivity contribution in [3.05, 3.63) is 57.6 Å². The Kier molecular flexibility index (Phi) is 4.24. The van der Waals surface area contributed by atoms with Crippen LogP contribution < -0.4 is 4.74 Å². The average Bonchev–Trinajstić information content (AvgIpc) is 2.37. The summed E-state index contributed by atoms with van der Waals surface area (Å²) in [6.45, 7) is 0. The van der Waals surface area contributed by atoms with Crippen LogP contribution in [0.25, 0.3) is 0 Å². The normalized spacial score (nSPS) is 12.3. The van der Waals surface area contributed by atoms with Crippen molar-refractivity contribution >= 4 is 23.2 Å². The van der Waals surface area contributed by atoms with Crippen LogP contribution >= 0.6 is 23.2 Å². The van der Waals surface area contributed by atoms with Gasteiger partial charge in [-0.15, -0.1) is 0 Å². The first-order valence-electron chi connectivity index (χ1n) is 5.35. The summed E-state index contributed by atoms with van der Waals surface area (Å²) < 4.78 is 18.7. The molecule has 0 fully saturated rings. The zero-order chi connectivity index (χ0) is 14.0. The van der Waals surface area contributed by atoms with E-state index in [9.17, 15) is 9.50 Å². The van der Waals surface area contributed by atoms with Crippen LogP contribution in [0.1, 0.15) is 17.4 Å². The van der Waals surface area contributed by atoms with Gasteiger partial charge in [0.1, 0.15) is 17.7 Å². The lowest BCUT2D eigenvalue weighted by Gasteiger charge is -2.13. The zero-order valence-corrected chi connectivity index (χ0v) is 11.4. The largest absolute Gasteiger partial charge is 0.497 e. The molecular formula is C13H10Cl2FNO2. The molecule has 1 heterocycles. The molecule has 1 aromatic carbocycles. The van der Waals surface area contributed by atoms with E-state index in [4.69, 9.17) is 27.9 Å². The molecule has 0 aliphatic heterocycles. The second-order valence-electron chi connectivity index (χ2n) is 3.81. The van der Waals surface area contributed by atoms with E-state index < -0.39 is 11.9 Å². The fourth-order valence-corrected chi connectivity index (χ4v) is 2.11. The lowest BCUT2D eigenvalue weighted by Crippen LogP contribution is -2.05. The van der Waals surface area contributed by atoms with E-state index in [-0.39, 0.29) is 16.3 Å². The maximum absolute atomic E-state index is 13.8. The number of aliphatic hydroxyl groups is 1. The van der Waals surface area contributed by atoms with Gasteiger partial charge in [-0.3, -0.25) is 4.98 Å². The smallest absolute Gasteiger partial charge is 0.133 e. The highest BCUT2D eigenvalue weighted by molar-refractivity contribution is 6.34. The molecule has 1 unspecified atom stereocenters. The lowest BCUT2D eigenvalue weighted by atomic mass is 10.1. The van der Waals surface area contributed by atoms with Crippen LogP contribution in [0, 0.1) is 5.82 Å². The molecule has 0 amide bonds. The van der Waals surface area contributed by atoms with Gasteiger partial charge in [-0.05, 0) is 18.2 Å². The molecule has 0 aliphatic carbocycles. The molecule has 3 nitrogen and oxygen atoms in total. The van der Waals surface area contributed by atoms with Crippen molar-refractivity contribution in [2.75, 3.05) is 7.11 Å². The van der Waals surface area contributed by atoms with Gasteiger partial charge in [0.2, 0.25) is 0 Å². The van der Waals surface area contributed by atoms with E-state index in [1.165, 1.54) is 31.5 Å². The van der Waals surface area contributed by atoms with Crippen molar-refractivity contribution in [1.82, 2.24) is 4.98 Å². The Hall–Kier alpha value is -1.36. The van der Waals surface area contributed by atoms with Crippen LogP contribution in [0.4, 0.5) is 4.39 Å². The van der Waals surface area contributed by atoms with Crippen molar-refractivity contribution in [3.8, 4) is 5.75 Å². The summed E-state index contributed by atoms with van der Waals surface area (Å²) in [5.41, 5.74) is 0.215. The lowest BCUT2D eigenvalue weighted by molar-refractivity contribution is 0.210. The number of halogens is 3. The van der Waals surface area contributed by atoms with Crippen LogP contribution in [-0.2, 0) is 0 Å². The van der Waals surface area contributed by atoms with Crippen molar-refractivity contribution < 1.29 is 14.2 Å². The summed E-state index contributed by atoms with van der Waals surface area (Å²) in [4.78, 5) is 3.93. The minimum Gasteiger partial charge on any atom is -0.497 e. The molecule has 0 bridgehead atoms. The van der Waals surface area contributed by atoms with Crippen LogP contribution in [0.15, 0.2) is 30.5 Å². The van der Waals surface area contributed by atoms with E-state index in [1.807, 2.05) is 0 Å². The fourth-order valence-electron chi connectivity index (χ4n) is 1.63. The third-order valence-corrected chi connectivity index (χ3v) is 3.11. The number of aliphatic hydroxyl groups excluding tert-OH is 1. The molecule has 2 rings (SSSR count). The third-order valence-electron chi connectivity index (χ3n) is 2.60. The highest BCUT2D eigenvalue weighted by Gasteiger charge is 2.19. The highest BCUT2D eigenvalue weighted by atomic mass is 35.5. The SMILES string of the molecule is COc1ccc(C(O)c2ncc(Cl)cc2Cl)c(F)c1. The van der Waals surface area contributed by atoms with Crippen LogP contribution in [0.3, 0.4) is 0 Å². The summed E-state index contributed by atoms with van der Waals surface area (Å²) >= 11 is 11.7. The minimum absolute atomic E-state index is 0.0672. The number of rotatable bonds is 3. The molecule has 100 valence electrons. The summed E-state index contributed by atoms with van der Waals surface area (Å²) in [6.07, 6.45) is 0.0728. The third kappa shape index (κ3) is 2.97. The van der Waals surface area contributed by atoms with Crippen molar-refractivity contribution in [2.45, 2.75) is 6.10 Å². The maximum Gasteiger partial charge on any atom is 0.133 e. The van der Waals surface area contributed by atoms with Gasteiger partial charge < -0.3 is 9.84 Å². The average molecular weight is 302 g/mol. The first-order valence-corrected chi connectivity index (χ1v) is 6.11. The van der Waals surface area contributed by atoms with Crippen LogP contribution in [0.5, 0.6) is 5.75 Å². The molecule has 0 radical (unpaired) electrons. The molecule has 0 aliphatic rings. The van der Waals surface area contributed by atoms with Gasteiger partial charge >= 0.3 is 0 Å². The predicted octanol–water partition coefficient (Wildman–Crippen LogP) is 3.62. The van der Waals surface area contributed by atoms with Gasteiger partial charge in [0.05, 0.1) is 22.8 Å². The van der Waals surface area contributed by atoms with E-state index in [0.29, 0.717) is 10.8 Å². The molecule has 6 heteroatoms. The highest BCUT2D eigenvalue weighted by Crippen LogP contribution is 2.30. The van der Waals surface area contributed by atoms with E-state index in [0.717, 1.165) is 0 Å². The second-order valence-corrected chi connectivity index (χ2v) is 4.65. The Morgan fingerprint density at radius 1 is 1.32 bits per heavy atom. The molecule has 0 saturated heterocycles. The summed E-state index contributed by atoms with van der Waals surface area (Å²) in [6, 6.07) is 5.59. The zero-order valence-electron chi connectivity index (χ0n) is 9.90. The number of pyridine rings is 1.